The van der Waals surface area contributed by atoms with Gasteiger partial charge in [-0.05, 0) is 77.7 Å². The summed E-state index contributed by atoms with van der Waals surface area (Å²) in [4.78, 5) is 26.7. The van der Waals surface area contributed by atoms with E-state index in [1.54, 1.807) is 4.90 Å². The first-order valence-corrected chi connectivity index (χ1v) is 9.35. The van der Waals surface area contributed by atoms with Crippen molar-refractivity contribution in [1.82, 2.24) is 4.90 Å². The normalized spacial score (nSPS) is 15.0. The van der Waals surface area contributed by atoms with Gasteiger partial charge in [-0.1, -0.05) is 6.07 Å². The highest BCUT2D eigenvalue weighted by Crippen LogP contribution is 2.26. The summed E-state index contributed by atoms with van der Waals surface area (Å²) in [5.41, 5.74) is 2.34. The van der Waals surface area contributed by atoms with Crippen molar-refractivity contribution in [3.05, 3.63) is 63.9 Å². The monoisotopic (exact) mass is 418 g/mol. The van der Waals surface area contributed by atoms with Gasteiger partial charge in [0, 0.05) is 29.0 Å². The van der Waals surface area contributed by atoms with Crippen molar-refractivity contribution in [3.8, 4) is 0 Å². The van der Waals surface area contributed by atoms with Crippen molar-refractivity contribution in [2.24, 2.45) is 5.92 Å². The van der Waals surface area contributed by atoms with Gasteiger partial charge in [-0.15, -0.1) is 0 Å². The summed E-state index contributed by atoms with van der Waals surface area (Å²) in [6.45, 7) is 3.02. The molecular formula is C20H20BrFN2O2. The molecular weight excluding hydrogens is 399 g/mol. The van der Waals surface area contributed by atoms with Crippen LogP contribution in [0, 0.1) is 18.7 Å². The number of hydrogen-bond acceptors (Lipinski definition) is 2. The van der Waals surface area contributed by atoms with E-state index in [0.29, 0.717) is 31.5 Å². The molecule has 1 saturated heterocycles. The van der Waals surface area contributed by atoms with E-state index in [1.807, 2.05) is 25.1 Å². The van der Waals surface area contributed by atoms with Gasteiger partial charge in [0.15, 0.2) is 0 Å². The van der Waals surface area contributed by atoms with Crippen LogP contribution in [0.5, 0.6) is 0 Å². The summed E-state index contributed by atoms with van der Waals surface area (Å²) in [5.74, 6) is -0.631. The molecule has 6 heteroatoms. The maximum atomic E-state index is 13.0. The lowest BCUT2D eigenvalue weighted by Gasteiger charge is -2.31. The summed E-state index contributed by atoms with van der Waals surface area (Å²) in [6.07, 6.45) is 1.23. The minimum atomic E-state index is -0.362. The van der Waals surface area contributed by atoms with Crippen LogP contribution in [0.2, 0.25) is 0 Å². The Morgan fingerprint density at radius 1 is 1.12 bits per heavy atom. The van der Waals surface area contributed by atoms with E-state index in [-0.39, 0.29) is 23.5 Å². The lowest BCUT2D eigenvalue weighted by atomic mass is 9.95. The van der Waals surface area contributed by atoms with E-state index in [9.17, 15) is 14.0 Å². The molecule has 1 aliphatic heterocycles. The third-order valence-corrected chi connectivity index (χ3v) is 5.28. The molecule has 0 aromatic heterocycles. The number of benzene rings is 2. The molecule has 3 rings (SSSR count). The lowest BCUT2D eigenvalue weighted by molar-refractivity contribution is -0.121. The van der Waals surface area contributed by atoms with Crippen molar-refractivity contribution in [3.63, 3.8) is 0 Å². The number of carbonyl (C=O) groups is 2. The SMILES string of the molecule is Cc1ccc(NC(=O)C2CCN(C(=O)c3ccc(F)cc3)CC2)c(Br)c1. The molecule has 0 saturated carbocycles. The Kier molecular flexibility index (Phi) is 5.71. The molecule has 0 spiro atoms. The maximum Gasteiger partial charge on any atom is 0.253 e. The number of likely N-dealkylation sites (tertiary alicyclic amines) is 1. The van der Waals surface area contributed by atoms with E-state index in [1.165, 1.54) is 24.3 Å². The van der Waals surface area contributed by atoms with Crippen LogP contribution in [-0.4, -0.2) is 29.8 Å². The molecule has 0 atom stereocenters. The van der Waals surface area contributed by atoms with Gasteiger partial charge >= 0.3 is 0 Å². The molecule has 26 heavy (non-hydrogen) atoms. The molecule has 136 valence electrons. The molecule has 1 N–H and O–H groups in total. The number of anilines is 1. The first-order valence-electron chi connectivity index (χ1n) is 8.56. The van der Waals surface area contributed by atoms with Crippen LogP contribution in [0.4, 0.5) is 10.1 Å². The standard InChI is InChI=1S/C20H20BrFN2O2/c1-13-2-7-18(17(21)12-13)23-19(25)14-8-10-24(11-9-14)20(26)15-3-5-16(22)6-4-15/h2-7,12,14H,8-11H2,1H3,(H,23,25). The summed E-state index contributed by atoms with van der Waals surface area (Å²) < 4.78 is 13.8. The highest BCUT2D eigenvalue weighted by atomic mass is 79.9. The molecule has 0 bridgehead atoms. The number of carbonyl (C=O) groups excluding carboxylic acids is 2. The topological polar surface area (TPSA) is 49.4 Å². The first kappa shape index (κ1) is 18.6. The highest BCUT2D eigenvalue weighted by molar-refractivity contribution is 9.10. The van der Waals surface area contributed by atoms with Gasteiger partial charge in [0.2, 0.25) is 5.91 Å². The van der Waals surface area contributed by atoms with E-state index in [4.69, 9.17) is 0 Å². The van der Waals surface area contributed by atoms with Gasteiger partial charge in [0.05, 0.1) is 5.69 Å². The van der Waals surface area contributed by atoms with Crippen LogP contribution >= 0.6 is 15.9 Å². The van der Waals surface area contributed by atoms with Crippen LogP contribution in [0.3, 0.4) is 0 Å². The summed E-state index contributed by atoms with van der Waals surface area (Å²) >= 11 is 3.46. The Balaban J connectivity index is 1.56. The number of aryl methyl sites for hydroxylation is 1. The molecule has 0 aliphatic carbocycles. The van der Waals surface area contributed by atoms with Gasteiger partial charge < -0.3 is 10.2 Å². The Bertz CT molecular complexity index is 815. The molecule has 0 unspecified atom stereocenters. The second kappa shape index (κ2) is 7.99. The van der Waals surface area contributed by atoms with Crippen LogP contribution in [0.1, 0.15) is 28.8 Å². The number of nitrogens with zero attached hydrogens (tertiary/aromatic N) is 1. The molecule has 2 aromatic carbocycles. The minimum Gasteiger partial charge on any atom is -0.339 e. The number of piperidine rings is 1. The Labute approximate surface area is 160 Å². The second-order valence-electron chi connectivity index (χ2n) is 6.55. The zero-order valence-corrected chi connectivity index (χ0v) is 16.1. The summed E-state index contributed by atoms with van der Waals surface area (Å²) in [6, 6.07) is 11.3. The quantitative estimate of drug-likeness (QED) is 0.803. The molecule has 0 radical (unpaired) electrons. The number of rotatable bonds is 3. The average molecular weight is 419 g/mol. The Hall–Kier alpha value is -2.21. The van der Waals surface area contributed by atoms with Gasteiger partial charge in [0.1, 0.15) is 5.82 Å². The zero-order valence-electron chi connectivity index (χ0n) is 14.5. The van der Waals surface area contributed by atoms with Crippen LogP contribution < -0.4 is 5.32 Å². The van der Waals surface area contributed by atoms with Crippen LogP contribution in [-0.2, 0) is 4.79 Å². The Morgan fingerprint density at radius 2 is 1.77 bits per heavy atom. The molecule has 1 heterocycles. The highest BCUT2D eigenvalue weighted by Gasteiger charge is 2.28. The fraction of sp³-hybridized carbons (Fsp3) is 0.300. The van der Waals surface area contributed by atoms with Crippen LogP contribution in [0.25, 0.3) is 0 Å². The predicted octanol–water partition coefficient (Wildman–Crippen LogP) is 4.39. The van der Waals surface area contributed by atoms with Gasteiger partial charge in [0.25, 0.3) is 5.91 Å². The smallest absolute Gasteiger partial charge is 0.253 e. The molecule has 1 fully saturated rings. The van der Waals surface area contributed by atoms with Crippen molar-refractivity contribution >= 4 is 33.4 Å². The van der Waals surface area contributed by atoms with Gasteiger partial charge in [-0.25, -0.2) is 4.39 Å². The van der Waals surface area contributed by atoms with Crippen molar-refractivity contribution in [2.45, 2.75) is 19.8 Å². The maximum absolute atomic E-state index is 13.0. The van der Waals surface area contributed by atoms with E-state index >= 15 is 0 Å². The van der Waals surface area contributed by atoms with Gasteiger partial charge in [-0.2, -0.15) is 0 Å². The fourth-order valence-corrected chi connectivity index (χ4v) is 3.67. The third kappa shape index (κ3) is 4.30. The van der Waals surface area contributed by atoms with Crippen molar-refractivity contribution in [2.75, 3.05) is 18.4 Å². The van der Waals surface area contributed by atoms with E-state index in [2.05, 4.69) is 21.2 Å². The van der Waals surface area contributed by atoms with E-state index in [0.717, 1.165) is 15.7 Å². The lowest BCUT2D eigenvalue weighted by Crippen LogP contribution is -2.41. The summed E-state index contributed by atoms with van der Waals surface area (Å²) in [5, 5.41) is 2.96. The third-order valence-electron chi connectivity index (χ3n) is 4.63. The second-order valence-corrected chi connectivity index (χ2v) is 7.40. The zero-order chi connectivity index (χ0) is 18.7. The van der Waals surface area contributed by atoms with E-state index < -0.39 is 0 Å². The number of hydrogen-bond donors (Lipinski definition) is 1. The molecule has 2 aromatic rings. The minimum absolute atomic E-state index is 0.0246. The number of nitrogens with one attached hydrogen (secondary N) is 1. The Morgan fingerprint density at radius 3 is 2.38 bits per heavy atom. The number of halogens is 2. The van der Waals surface area contributed by atoms with Gasteiger partial charge in [-0.3, -0.25) is 9.59 Å². The van der Waals surface area contributed by atoms with Crippen molar-refractivity contribution < 1.29 is 14.0 Å². The predicted molar refractivity (Wildman–Crippen MR) is 103 cm³/mol. The largest absolute Gasteiger partial charge is 0.339 e. The molecule has 1 aliphatic rings. The van der Waals surface area contributed by atoms with Crippen molar-refractivity contribution in [1.29, 1.82) is 0 Å². The van der Waals surface area contributed by atoms with Crippen LogP contribution in [0.15, 0.2) is 46.9 Å². The summed E-state index contributed by atoms with van der Waals surface area (Å²) in [7, 11) is 0. The molecule has 4 nitrogen and oxygen atoms in total. The first-order chi connectivity index (χ1) is 12.4. The molecule has 2 amide bonds. The average Bonchev–Trinajstić information content (AvgIpc) is 2.64. The number of amides is 2. The fourth-order valence-electron chi connectivity index (χ4n) is 3.08.